The zero-order valence-electron chi connectivity index (χ0n) is 10.1. The Morgan fingerprint density at radius 1 is 1.47 bits per heavy atom. The molecule has 6 heteroatoms. The Morgan fingerprint density at radius 3 is 2.82 bits per heavy atom. The zero-order valence-corrected chi connectivity index (χ0v) is 11.0. The number of carbonyl (C=O) groups excluding carboxylic acids is 2. The molecule has 2 amide bonds. The van der Waals surface area contributed by atoms with Crippen molar-refractivity contribution in [2.75, 3.05) is 32.7 Å². The van der Waals surface area contributed by atoms with E-state index in [-0.39, 0.29) is 30.8 Å². The van der Waals surface area contributed by atoms with Crippen LogP contribution in [-0.4, -0.2) is 60.4 Å². The number of carbonyl (C=O) groups is 2. The van der Waals surface area contributed by atoms with Crippen LogP contribution >= 0.6 is 12.4 Å². The maximum Gasteiger partial charge on any atom is 0.242 e. The van der Waals surface area contributed by atoms with Crippen molar-refractivity contribution in [2.45, 2.75) is 25.8 Å². The zero-order chi connectivity index (χ0) is 11.5. The second-order valence-corrected chi connectivity index (χ2v) is 4.61. The average Bonchev–Trinajstić information content (AvgIpc) is 2.64. The van der Waals surface area contributed by atoms with Crippen molar-refractivity contribution in [3.63, 3.8) is 0 Å². The van der Waals surface area contributed by atoms with Crippen LogP contribution in [0.5, 0.6) is 0 Å². The lowest BCUT2D eigenvalue weighted by Crippen LogP contribution is -2.53. The topological polar surface area (TPSA) is 52.7 Å². The summed E-state index contributed by atoms with van der Waals surface area (Å²) in [4.78, 5) is 26.9. The van der Waals surface area contributed by atoms with Crippen molar-refractivity contribution in [1.29, 1.82) is 0 Å². The first-order valence-corrected chi connectivity index (χ1v) is 5.96. The minimum absolute atomic E-state index is 0. The molecule has 2 rings (SSSR count). The molecule has 2 saturated heterocycles. The number of rotatable bonds is 2. The highest BCUT2D eigenvalue weighted by Crippen LogP contribution is 2.10. The Balaban J connectivity index is 0.00000144. The average molecular weight is 262 g/mol. The van der Waals surface area contributed by atoms with E-state index in [4.69, 9.17) is 0 Å². The molecule has 1 N–H and O–H groups in total. The van der Waals surface area contributed by atoms with Crippen LogP contribution in [0, 0.1) is 0 Å². The fraction of sp³-hybridized carbons (Fsp3) is 0.818. The van der Waals surface area contributed by atoms with E-state index >= 15 is 0 Å². The van der Waals surface area contributed by atoms with Crippen molar-refractivity contribution in [3.05, 3.63) is 0 Å². The summed E-state index contributed by atoms with van der Waals surface area (Å²) in [5.41, 5.74) is 0. The molecule has 0 aromatic carbocycles. The molecule has 0 aliphatic carbocycles. The summed E-state index contributed by atoms with van der Waals surface area (Å²) in [6, 6.07) is 0.354. The quantitative estimate of drug-likeness (QED) is 0.752. The summed E-state index contributed by atoms with van der Waals surface area (Å²) in [5, 5.41) is 3.29. The highest BCUT2D eigenvalue weighted by atomic mass is 35.5. The molecule has 0 spiro atoms. The van der Waals surface area contributed by atoms with Gasteiger partial charge in [0.05, 0.1) is 6.54 Å². The van der Waals surface area contributed by atoms with Gasteiger partial charge in [0.15, 0.2) is 0 Å². The van der Waals surface area contributed by atoms with Crippen LogP contribution < -0.4 is 5.32 Å². The second kappa shape index (κ2) is 6.21. The van der Waals surface area contributed by atoms with Crippen LogP contribution in [0.2, 0.25) is 0 Å². The van der Waals surface area contributed by atoms with Crippen LogP contribution in [0.15, 0.2) is 0 Å². The number of halogens is 1. The summed E-state index contributed by atoms with van der Waals surface area (Å²) >= 11 is 0. The number of piperazine rings is 1. The summed E-state index contributed by atoms with van der Waals surface area (Å²) in [6.07, 6.45) is 1.50. The molecular weight excluding hydrogens is 242 g/mol. The Bertz CT molecular complexity index is 298. The molecule has 2 heterocycles. The largest absolute Gasteiger partial charge is 0.338 e. The van der Waals surface area contributed by atoms with Crippen molar-refractivity contribution in [3.8, 4) is 0 Å². The molecule has 98 valence electrons. The van der Waals surface area contributed by atoms with Gasteiger partial charge >= 0.3 is 0 Å². The summed E-state index contributed by atoms with van der Waals surface area (Å²) in [7, 11) is 0. The molecule has 2 aliphatic rings. The van der Waals surface area contributed by atoms with Gasteiger partial charge in [0.2, 0.25) is 11.8 Å². The third-order valence-electron chi connectivity index (χ3n) is 3.22. The Hall–Kier alpha value is -0.810. The number of likely N-dealkylation sites (tertiary alicyclic amines) is 1. The van der Waals surface area contributed by atoms with Gasteiger partial charge in [-0.15, -0.1) is 12.4 Å². The lowest BCUT2D eigenvalue weighted by Gasteiger charge is -2.33. The van der Waals surface area contributed by atoms with Crippen LogP contribution in [0.4, 0.5) is 0 Å². The number of amides is 2. The lowest BCUT2D eigenvalue weighted by atomic mass is 10.2. The Kier molecular flexibility index (Phi) is 5.21. The van der Waals surface area contributed by atoms with Crippen molar-refractivity contribution < 1.29 is 9.59 Å². The van der Waals surface area contributed by atoms with Crippen LogP contribution in [0.1, 0.15) is 19.8 Å². The normalized spacial score (nSPS) is 24.8. The van der Waals surface area contributed by atoms with Gasteiger partial charge in [0.25, 0.3) is 0 Å². The maximum absolute atomic E-state index is 11.9. The van der Waals surface area contributed by atoms with Gasteiger partial charge < -0.3 is 15.1 Å². The van der Waals surface area contributed by atoms with Crippen LogP contribution in [0.25, 0.3) is 0 Å². The molecule has 0 bridgehead atoms. The van der Waals surface area contributed by atoms with E-state index in [1.165, 1.54) is 0 Å². The van der Waals surface area contributed by atoms with Gasteiger partial charge in [-0.05, 0) is 13.3 Å². The van der Waals surface area contributed by atoms with Crippen LogP contribution in [0.3, 0.4) is 0 Å². The van der Waals surface area contributed by atoms with Gasteiger partial charge in [0.1, 0.15) is 0 Å². The fourth-order valence-corrected chi connectivity index (χ4v) is 2.29. The van der Waals surface area contributed by atoms with E-state index < -0.39 is 0 Å². The maximum atomic E-state index is 11.9. The molecule has 2 fully saturated rings. The first-order chi connectivity index (χ1) is 7.66. The molecular formula is C11H20ClN3O2. The molecule has 0 unspecified atom stereocenters. The second-order valence-electron chi connectivity index (χ2n) is 4.61. The van der Waals surface area contributed by atoms with Gasteiger partial charge in [-0.1, -0.05) is 0 Å². The first kappa shape index (κ1) is 14.3. The van der Waals surface area contributed by atoms with E-state index in [9.17, 15) is 9.59 Å². The Morgan fingerprint density at radius 2 is 2.24 bits per heavy atom. The third-order valence-corrected chi connectivity index (χ3v) is 3.22. The third kappa shape index (κ3) is 3.57. The number of nitrogens with one attached hydrogen (secondary N) is 1. The highest BCUT2D eigenvalue weighted by molar-refractivity contribution is 5.86. The molecule has 17 heavy (non-hydrogen) atoms. The van der Waals surface area contributed by atoms with E-state index in [0.717, 1.165) is 32.6 Å². The standard InChI is InChI=1S/C11H19N3O2.ClH/c1-9-7-14(6-4-12-9)11(16)8-13-5-2-3-10(13)15;/h9,12H,2-8H2,1H3;1H/t9-;/m1./s1. The van der Waals surface area contributed by atoms with Gasteiger partial charge in [-0.3, -0.25) is 9.59 Å². The van der Waals surface area contributed by atoms with Crippen molar-refractivity contribution in [2.24, 2.45) is 0 Å². The highest BCUT2D eigenvalue weighted by Gasteiger charge is 2.26. The molecule has 5 nitrogen and oxygen atoms in total. The molecule has 0 radical (unpaired) electrons. The van der Waals surface area contributed by atoms with E-state index in [1.807, 2.05) is 4.90 Å². The fourth-order valence-electron chi connectivity index (χ4n) is 2.29. The minimum atomic E-state index is 0. The number of nitrogens with zero attached hydrogens (tertiary/aromatic N) is 2. The van der Waals surface area contributed by atoms with Crippen molar-refractivity contribution in [1.82, 2.24) is 15.1 Å². The van der Waals surface area contributed by atoms with Crippen LogP contribution in [-0.2, 0) is 9.59 Å². The summed E-state index contributed by atoms with van der Waals surface area (Å²) < 4.78 is 0. The first-order valence-electron chi connectivity index (χ1n) is 5.96. The van der Waals surface area contributed by atoms with E-state index in [2.05, 4.69) is 12.2 Å². The van der Waals surface area contributed by atoms with Gasteiger partial charge in [-0.2, -0.15) is 0 Å². The van der Waals surface area contributed by atoms with Gasteiger partial charge in [-0.25, -0.2) is 0 Å². The monoisotopic (exact) mass is 261 g/mol. The minimum Gasteiger partial charge on any atom is -0.338 e. The summed E-state index contributed by atoms with van der Waals surface area (Å²) in [6.45, 7) is 5.44. The smallest absolute Gasteiger partial charge is 0.242 e. The molecule has 0 aromatic rings. The molecule has 0 saturated carbocycles. The van der Waals surface area contributed by atoms with E-state index in [0.29, 0.717) is 12.5 Å². The lowest BCUT2D eigenvalue weighted by molar-refractivity contribution is -0.139. The van der Waals surface area contributed by atoms with E-state index in [1.54, 1.807) is 4.90 Å². The van der Waals surface area contributed by atoms with Gasteiger partial charge in [0, 0.05) is 38.6 Å². The molecule has 2 aliphatic heterocycles. The van der Waals surface area contributed by atoms with Crippen molar-refractivity contribution >= 4 is 24.2 Å². The molecule has 1 atom stereocenters. The predicted molar refractivity (Wildman–Crippen MR) is 67.1 cm³/mol. The predicted octanol–water partition coefficient (Wildman–Crippen LogP) is -0.149. The SMILES string of the molecule is C[C@@H]1CN(C(=O)CN2CCCC2=O)CCN1.Cl. The summed E-state index contributed by atoms with van der Waals surface area (Å²) in [5.74, 6) is 0.208. The molecule has 0 aromatic heterocycles. The number of hydrogen-bond donors (Lipinski definition) is 1. The number of hydrogen-bond acceptors (Lipinski definition) is 3. The Labute approximate surface area is 108 Å².